The summed E-state index contributed by atoms with van der Waals surface area (Å²) in [6.45, 7) is 3.84. The Balaban J connectivity index is 1.88. The summed E-state index contributed by atoms with van der Waals surface area (Å²) in [6.07, 6.45) is 1.79. The van der Waals surface area contributed by atoms with Crippen molar-refractivity contribution >= 4 is 9.84 Å². The minimum absolute atomic E-state index is 0.119. The van der Waals surface area contributed by atoms with Crippen LogP contribution in [0.2, 0.25) is 0 Å². The fourth-order valence-electron chi connectivity index (χ4n) is 3.27. The van der Waals surface area contributed by atoms with Gasteiger partial charge >= 0.3 is 0 Å². The van der Waals surface area contributed by atoms with Gasteiger partial charge in [0.05, 0.1) is 10.1 Å². The topological polar surface area (TPSA) is 52.6 Å². The van der Waals surface area contributed by atoms with Crippen molar-refractivity contribution in [3.05, 3.63) is 30.3 Å². The highest BCUT2D eigenvalue weighted by molar-refractivity contribution is 7.92. The molecule has 2 atom stereocenters. The summed E-state index contributed by atoms with van der Waals surface area (Å²) in [7, 11) is -3.34. The zero-order chi connectivity index (χ0) is 14.4. The standard InChI is InChI=1S/C15H20O4S/c1-11-8-9-15(18-12(2)19-15)10-14(11)20(16,17)13-6-4-3-5-7-13/h3-7,11-12,14H,8-10H2,1-2H3. The van der Waals surface area contributed by atoms with E-state index in [4.69, 9.17) is 9.47 Å². The first-order chi connectivity index (χ1) is 9.43. The smallest absolute Gasteiger partial charge is 0.181 e. The number of benzene rings is 1. The van der Waals surface area contributed by atoms with E-state index in [9.17, 15) is 8.42 Å². The molecule has 0 aromatic heterocycles. The van der Waals surface area contributed by atoms with E-state index in [2.05, 4.69) is 0 Å². The molecule has 110 valence electrons. The minimum atomic E-state index is -3.34. The summed E-state index contributed by atoms with van der Waals surface area (Å²) in [5.74, 6) is -0.549. The largest absolute Gasteiger partial charge is 0.321 e. The molecule has 0 amide bonds. The summed E-state index contributed by atoms with van der Waals surface area (Å²) < 4.78 is 37.0. The van der Waals surface area contributed by atoms with Crippen LogP contribution in [0.1, 0.15) is 33.1 Å². The molecule has 1 heterocycles. The molecule has 1 saturated carbocycles. The first-order valence-corrected chi connectivity index (χ1v) is 8.62. The first-order valence-electron chi connectivity index (χ1n) is 7.08. The number of sulfone groups is 1. The van der Waals surface area contributed by atoms with E-state index in [0.717, 1.165) is 12.8 Å². The molecule has 1 aliphatic heterocycles. The maximum Gasteiger partial charge on any atom is 0.181 e. The van der Waals surface area contributed by atoms with Crippen molar-refractivity contribution in [1.82, 2.24) is 0 Å². The lowest BCUT2D eigenvalue weighted by atomic mass is 9.85. The summed E-state index contributed by atoms with van der Waals surface area (Å²) in [4.78, 5) is 0.390. The Hall–Kier alpha value is -0.910. The van der Waals surface area contributed by atoms with Gasteiger partial charge in [0.1, 0.15) is 0 Å². The molecule has 1 saturated heterocycles. The normalized spacial score (nSPS) is 37.6. The zero-order valence-corrected chi connectivity index (χ0v) is 12.6. The van der Waals surface area contributed by atoms with E-state index in [1.807, 2.05) is 19.9 Å². The Morgan fingerprint density at radius 1 is 1.15 bits per heavy atom. The van der Waals surface area contributed by atoms with Crippen LogP contribution >= 0.6 is 0 Å². The van der Waals surface area contributed by atoms with E-state index in [0.29, 0.717) is 11.3 Å². The highest BCUT2D eigenvalue weighted by Gasteiger charge is 2.52. The van der Waals surface area contributed by atoms with Crippen LogP contribution in [0, 0.1) is 5.92 Å². The fraction of sp³-hybridized carbons (Fsp3) is 0.600. The van der Waals surface area contributed by atoms with Gasteiger partial charge < -0.3 is 9.47 Å². The van der Waals surface area contributed by atoms with Crippen molar-refractivity contribution < 1.29 is 17.9 Å². The first kappa shape index (κ1) is 14.0. The van der Waals surface area contributed by atoms with Gasteiger partial charge in [-0.25, -0.2) is 8.42 Å². The third-order valence-electron chi connectivity index (χ3n) is 4.36. The predicted molar refractivity (Wildman–Crippen MR) is 74.8 cm³/mol. The molecular weight excluding hydrogens is 276 g/mol. The van der Waals surface area contributed by atoms with E-state index in [-0.39, 0.29) is 12.2 Å². The van der Waals surface area contributed by atoms with Gasteiger partial charge in [-0.05, 0) is 31.4 Å². The van der Waals surface area contributed by atoms with Crippen LogP contribution in [0.3, 0.4) is 0 Å². The van der Waals surface area contributed by atoms with E-state index in [1.54, 1.807) is 24.3 Å². The molecule has 1 spiro atoms. The van der Waals surface area contributed by atoms with Crippen molar-refractivity contribution in [1.29, 1.82) is 0 Å². The third kappa shape index (κ3) is 2.28. The monoisotopic (exact) mass is 296 g/mol. The average molecular weight is 296 g/mol. The van der Waals surface area contributed by atoms with Crippen LogP contribution in [-0.2, 0) is 19.3 Å². The Morgan fingerprint density at radius 2 is 1.80 bits per heavy atom. The van der Waals surface area contributed by atoms with Crippen molar-refractivity contribution in [2.24, 2.45) is 5.92 Å². The van der Waals surface area contributed by atoms with Crippen LogP contribution < -0.4 is 0 Å². The predicted octanol–water partition coefficient (Wildman–Crippen LogP) is 2.74. The van der Waals surface area contributed by atoms with Gasteiger partial charge in [-0.15, -0.1) is 0 Å². The number of rotatable bonds is 2. The van der Waals surface area contributed by atoms with Crippen molar-refractivity contribution in [3.8, 4) is 0 Å². The van der Waals surface area contributed by atoms with Crippen LogP contribution in [0.25, 0.3) is 0 Å². The van der Waals surface area contributed by atoms with E-state index >= 15 is 0 Å². The lowest BCUT2D eigenvalue weighted by Gasteiger charge is -2.51. The zero-order valence-electron chi connectivity index (χ0n) is 11.8. The van der Waals surface area contributed by atoms with Gasteiger partial charge in [-0.1, -0.05) is 25.1 Å². The molecule has 3 rings (SSSR count). The second-order valence-electron chi connectivity index (χ2n) is 5.83. The molecule has 1 aliphatic carbocycles. The van der Waals surface area contributed by atoms with Crippen LogP contribution in [0.15, 0.2) is 35.2 Å². The van der Waals surface area contributed by atoms with Crippen molar-refractivity contribution in [3.63, 3.8) is 0 Å². The molecule has 2 unspecified atom stereocenters. The van der Waals surface area contributed by atoms with Crippen molar-refractivity contribution in [2.45, 2.75) is 55.3 Å². The Bertz CT molecular complexity index is 575. The number of hydrogen-bond donors (Lipinski definition) is 0. The fourth-order valence-corrected chi connectivity index (χ4v) is 5.38. The van der Waals surface area contributed by atoms with Gasteiger partial charge in [0.2, 0.25) is 0 Å². The molecule has 0 radical (unpaired) electrons. The third-order valence-corrected chi connectivity index (χ3v) is 6.72. The molecule has 1 aromatic carbocycles. The molecular formula is C15H20O4S. The molecule has 4 nitrogen and oxygen atoms in total. The molecule has 2 fully saturated rings. The summed E-state index contributed by atoms with van der Waals surface area (Å²) in [5, 5.41) is -0.439. The summed E-state index contributed by atoms with van der Waals surface area (Å²) in [6, 6.07) is 8.66. The molecule has 0 N–H and O–H groups in total. The Morgan fingerprint density at radius 3 is 2.40 bits per heavy atom. The summed E-state index contributed by atoms with van der Waals surface area (Å²) in [5.41, 5.74) is 0. The lowest BCUT2D eigenvalue weighted by Crippen LogP contribution is -2.58. The second kappa shape index (κ2) is 4.83. The Labute approximate surface area is 120 Å². The van der Waals surface area contributed by atoms with E-state index < -0.39 is 20.9 Å². The van der Waals surface area contributed by atoms with Crippen molar-refractivity contribution in [2.75, 3.05) is 0 Å². The van der Waals surface area contributed by atoms with E-state index in [1.165, 1.54) is 0 Å². The number of hydrogen-bond acceptors (Lipinski definition) is 4. The molecule has 0 bridgehead atoms. The average Bonchev–Trinajstić information content (AvgIpc) is 2.40. The molecule has 1 aromatic rings. The maximum atomic E-state index is 12.8. The maximum absolute atomic E-state index is 12.8. The van der Waals surface area contributed by atoms with Gasteiger partial charge in [0.15, 0.2) is 21.9 Å². The van der Waals surface area contributed by atoms with Crippen LogP contribution in [0.5, 0.6) is 0 Å². The van der Waals surface area contributed by atoms with Gasteiger partial charge in [0, 0.05) is 12.8 Å². The number of ether oxygens (including phenoxy) is 2. The summed E-state index contributed by atoms with van der Waals surface area (Å²) >= 11 is 0. The minimum Gasteiger partial charge on any atom is -0.321 e. The van der Waals surface area contributed by atoms with Crippen LogP contribution in [-0.4, -0.2) is 25.7 Å². The highest BCUT2D eigenvalue weighted by atomic mass is 32.2. The molecule has 20 heavy (non-hydrogen) atoms. The van der Waals surface area contributed by atoms with Gasteiger partial charge in [-0.3, -0.25) is 0 Å². The quantitative estimate of drug-likeness (QED) is 0.842. The molecule has 2 aliphatic rings. The van der Waals surface area contributed by atoms with Gasteiger partial charge in [-0.2, -0.15) is 0 Å². The Kier molecular flexibility index (Phi) is 3.39. The highest BCUT2D eigenvalue weighted by Crippen LogP contribution is 2.46. The van der Waals surface area contributed by atoms with Crippen LogP contribution in [0.4, 0.5) is 0 Å². The van der Waals surface area contributed by atoms with Gasteiger partial charge in [0.25, 0.3) is 0 Å². The lowest BCUT2D eigenvalue weighted by molar-refractivity contribution is -0.453. The SMILES string of the molecule is CC1OC2(CCC(C)C(S(=O)(=O)c3ccccc3)C2)O1. The molecule has 5 heteroatoms. The second-order valence-corrected chi connectivity index (χ2v) is 8.00.